The van der Waals surface area contributed by atoms with Gasteiger partial charge in [-0.3, -0.25) is 9.59 Å². The third-order valence-corrected chi connectivity index (χ3v) is 4.15. The normalized spacial score (nSPS) is 9.83. The lowest BCUT2D eigenvalue weighted by Crippen LogP contribution is -3.00. The van der Waals surface area contributed by atoms with Crippen LogP contribution >= 0.6 is 0 Å². The Kier molecular flexibility index (Phi) is 8.18. The summed E-state index contributed by atoms with van der Waals surface area (Å²) in [6.45, 7) is 0.622. The Hall–Kier alpha value is -3.38. The molecule has 1 aromatic heterocycles. The highest BCUT2D eigenvalue weighted by atomic mass is 35.5. The molecule has 7 heteroatoms. The van der Waals surface area contributed by atoms with Gasteiger partial charge in [0.1, 0.15) is 5.75 Å². The highest BCUT2D eigenvalue weighted by Gasteiger charge is 2.12. The van der Waals surface area contributed by atoms with Crippen LogP contribution in [-0.2, 0) is 17.9 Å². The number of anilines is 1. The van der Waals surface area contributed by atoms with E-state index in [-0.39, 0.29) is 30.8 Å². The van der Waals surface area contributed by atoms with Gasteiger partial charge in [-0.1, -0.05) is 30.3 Å². The van der Waals surface area contributed by atoms with Gasteiger partial charge in [0.05, 0.1) is 12.7 Å². The number of halogens is 1. The quantitative estimate of drug-likeness (QED) is 0.518. The number of rotatable bonds is 7. The molecule has 6 nitrogen and oxygen atoms in total. The van der Waals surface area contributed by atoms with E-state index in [9.17, 15) is 9.59 Å². The van der Waals surface area contributed by atoms with Gasteiger partial charge in [0.2, 0.25) is 6.54 Å². The summed E-state index contributed by atoms with van der Waals surface area (Å²) in [5.74, 6) is 0.420. The largest absolute Gasteiger partial charge is 1.00 e. The monoisotopic (exact) mass is 411 g/mol. The number of nitrogens with one attached hydrogen (secondary N) is 2. The molecule has 0 aliphatic carbocycles. The van der Waals surface area contributed by atoms with Gasteiger partial charge in [-0.2, -0.15) is 4.57 Å². The lowest BCUT2D eigenvalue weighted by molar-refractivity contribution is -0.684. The van der Waals surface area contributed by atoms with Crippen LogP contribution in [0.2, 0.25) is 0 Å². The van der Waals surface area contributed by atoms with Gasteiger partial charge in [0, 0.05) is 24.4 Å². The van der Waals surface area contributed by atoms with Crippen molar-refractivity contribution in [1.82, 2.24) is 5.32 Å². The lowest BCUT2D eigenvalue weighted by Gasteiger charge is -2.06. The Morgan fingerprint density at radius 2 is 1.59 bits per heavy atom. The van der Waals surface area contributed by atoms with E-state index in [1.807, 2.05) is 30.3 Å². The number of amides is 2. The number of benzene rings is 2. The van der Waals surface area contributed by atoms with E-state index in [1.165, 1.54) is 0 Å². The van der Waals surface area contributed by atoms with Crippen molar-refractivity contribution in [3.05, 3.63) is 90.3 Å². The zero-order valence-electron chi connectivity index (χ0n) is 16.0. The molecule has 2 N–H and O–H groups in total. The second-order valence-electron chi connectivity index (χ2n) is 6.20. The molecule has 0 aliphatic rings. The number of nitrogens with zero attached hydrogens (tertiary/aromatic N) is 1. The SMILES string of the molecule is COc1ccc(NC(=O)C[n+]2ccc(C(=O)NCc3ccccc3)cc2)cc1.[Cl-]. The van der Waals surface area contributed by atoms with Crippen molar-refractivity contribution in [2.24, 2.45) is 0 Å². The lowest BCUT2D eigenvalue weighted by atomic mass is 10.2. The number of hydrogen-bond acceptors (Lipinski definition) is 3. The molecule has 0 saturated carbocycles. The van der Waals surface area contributed by atoms with Gasteiger partial charge in [0.25, 0.3) is 11.8 Å². The first-order valence-corrected chi connectivity index (χ1v) is 8.89. The van der Waals surface area contributed by atoms with Crippen molar-refractivity contribution in [3.63, 3.8) is 0 Å². The van der Waals surface area contributed by atoms with E-state index in [2.05, 4.69) is 10.6 Å². The maximum atomic E-state index is 12.2. The summed E-state index contributed by atoms with van der Waals surface area (Å²) in [5.41, 5.74) is 2.28. The Morgan fingerprint density at radius 1 is 0.931 bits per heavy atom. The molecule has 0 unspecified atom stereocenters. The first-order chi connectivity index (χ1) is 13.6. The maximum absolute atomic E-state index is 12.2. The third kappa shape index (κ3) is 6.62. The van der Waals surface area contributed by atoms with Crippen LogP contribution in [0.3, 0.4) is 0 Å². The summed E-state index contributed by atoms with van der Waals surface area (Å²) < 4.78 is 6.81. The zero-order chi connectivity index (χ0) is 19.8. The molecule has 3 aromatic rings. The molecule has 0 aliphatic heterocycles. The Balaban J connectivity index is 0.00000300. The van der Waals surface area contributed by atoms with Gasteiger partial charge < -0.3 is 27.8 Å². The smallest absolute Gasteiger partial charge is 0.290 e. The number of ether oxygens (including phenoxy) is 1. The average Bonchev–Trinajstić information content (AvgIpc) is 2.74. The molecule has 0 radical (unpaired) electrons. The molecule has 0 atom stereocenters. The topological polar surface area (TPSA) is 71.3 Å². The summed E-state index contributed by atoms with van der Waals surface area (Å²) in [6, 6.07) is 20.2. The minimum absolute atomic E-state index is 0. The fraction of sp³-hybridized carbons (Fsp3) is 0.136. The zero-order valence-corrected chi connectivity index (χ0v) is 16.7. The van der Waals surface area contributed by atoms with Crippen molar-refractivity contribution in [3.8, 4) is 5.75 Å². The Bertz CT molecular complexity index is 930. The van der Waals surface area contributed by atoms with E-state index in [4.69, 9.17) is 4.74 Å². The molecule has 2 aromatic carbocycles. The second kappa shape index (κ2) is 10.8. The molecule has 0 spiro atoms. The van der Waals surface area contributed by atoms with Crippen molar-refractivity contribution in [1.29, 1.82) is 0 Å². The fourth-order valence-electron chi connectivity index (χ4n) is 2.64. The predicted octanol–water partition coefficient (Wildman–Crippen LogP) is -0.445. The molecule has 0 saturated heterocycles. The standard InChI is InChI=1S/C22H21N3O3.ClH/c1-28-20-9-7-19(8-10-20)24-21(26)16-25-13-11-18(12-14-25)22(27)23-15-17-5-3-2-4-6-17;/h2-14H,15-16H2,1H3,(H-,23,24,26,27);1H. The van der Waals surface area contributed by atoms with Gasteiger partial charge in [0.15, 0.2) is 12.4 Å². The number of pyridine rings is 1. The molecular weight excluding hydrogens is 390 g/mol. The molecule has 1 heterocycles. The molecule has 2 amide bonds. The van der Waals surface area contributed by atoms with E-state index < -0.39 is 0 Å². The van der Waals surface area contributed by atoms with Crippen molar-refractivity contribution in [2.45, 2.75) is 13.1 Å². The fourth-order valence-corrected chi connectivity index (χ4v) is 2.64. The Morgan fingerprint density at radius 3 is 2.21 bits per heavy atom. The van der Waals surface area contributed by atoms with E-state index in [0.29, 0.717) is 17.8 Å². The Labute approximate surface area is 175 Å². The van der Waals surface area contributed by atoms with E-state index in [0.717, 1.165) is 11.3 Å². The van der Waals surface area contributed by atoms with Gasteiger partial charge in [-0.25, -0.2) is 0 Å². The first kappa shape index (κ1) is 21.9. The minimum Gasteiger partial charge on any atom is -1.00 e. The van der Waals surface area contributed by atoms with Crippen LogP contribution in [0.5, 0.6) is 5.75 Å². The van der Waals surface area contributed by atoms with Crippen molar-refractivity contribution in [2.75, 3.05) is 12.4 Å². The van der Waals surface area contributed by atoms with Gasteiger partial charge in [-0.15, -0.1) is 0 Å². The van der Waals surface area contributed by atoms with E-state index >= 15 is 0 Å². The predicted molar refractivity (Wildman–Crippen MR) is 106 cm³/mol. The van der Waals surface area contributed by atoms with Gasteiger partial charge in [-0.05, 0) is 29.8 Å². The highest BCUT2D eigenvalue weighted by molar-refractivity contribution is 5.93. The molecule has 150 valence electrons. The number of hydrogen-bond donors (Lipinski definition) is 2. The number of carbonyl (C=O) groups is 2. The molecule has 0 fully saturated rings. The summed E-state index contributed by atoms with van der Waals surface area (Å²) in [4.78, 5) is 24.4. The van der Waals surface area contributed by atoms with Crippen molar-refractivity contribution >= 4 is 17.5 Å². The summed E-state index contributed by atoms with van der Waals surface area (Å²) in [5, 5.41) is 5.70. The third-order valence-electron chi connectivity index (χ3n) is 4.15. The van der Waals surface area contributed by atoms with Crippen LogP contribution in [0.15, 0.2) is 79.1 Å². The number of carbonyl (C=O) groups excluding carboxylic acids is 2. The maximum Gasteiger partial charge on any atom is 0.290 e. The van der Waals surface area contributed by atoms with Gasteiger partial charge >= 0.3 is 0 Å². The van der Waals surface area contributed by atoms with Crippen LogP contribution in [0.1, 0.15) is 15.9 Å². The summed E-state index contributed by atoms with van der Waals surface area (Å²) in [7, 11) is 1.59. The van der Waals surface area contributed by atoms with Crippen LogP contribution in [0, 0.1) is 0 Å². The van der Waals surface area contributed by atoms with Crippen LogP contribution in [0.25, 0.3) is 0 Å². The molecular formula is C22H22ClN3O3. The van der Waals surface area contributed by atoms with Crippen LogP contribution < -0.4 is 32.3 Å². The van der Waals surface area contributed by atoms with E-state index in [1.54, 1.807) is 60.5 Å². The summed E-state index contributed by atoms with van der Waals surface area (Å²) >= 11 is 0. The van der Waals surface area contributed by atoms with Crippen LogP contribution in [0.4, 0.5) is 5.69 Å². The summed E-state index contributed by atoms with van der Waals surface area (Å²) in [6.07, 6.45) is 3.43. The number of methoxy groups -OCH3 is 1. The van der Waals surface area contributed by atoms with Crippen molar-refractivity contribution < 1.29 is 31.3 Å². The second-order valence-corrected chi connectivity index (χ2v) is 6.20. The number of aromatic nitrogens is 1. The first-order valence-electron chi connectivity index (χ1n) is 8.89. The van der Waals surface area contributed by atoms with Crippen LogP contribution in [-0.4, -0.2) is 18.9 Å². The highest BCUT2D eigenvalue weighted by Crippen LogP contribution is 2.14. The molecule has 29 heavy (non-hydrogen) atoms. The average molecular weight is 412 g/mol. The molecule has 0 bridgehead atoms. The molecule has 3 rings (SSSR count). The minimum atomic E-state index is -0.156.